The molecule has 65 heavy (non-hydrogen) atoms. The Morgan fingerprint density at radius 3 is 2.29 bits per heavy atom. The lowest BCUT2D eigenvalue weighted by atomic mass is 9.71. The van der Waals surface area contributed by atoms with Crippen molar-refractivity contribution in [3.63, 3.8) is 0 Å². The summed E-state index contributed by atoms with van der Waals surface area (Å²) >= 11 is 7.93. The largest absolute Gasteiger partial charge is 0.376 e. The number of thioether (sulfide) groups is 1. The minimum Gasteiger partial charge on any atom is -0.376 e. The first-order chi connectivity index (χ1) is 30.7. The number of nitrogens with one attached hydrogen (secondary N) is 3. The lowest BCUT2D eigenvalue weighted by molar-refractivity contribution is -0.384. The van der Waals surface area contributed by atoms with Gasteiger partial charge in [0, 0.05) is 104 Å². The lowest BCUT2D eigenvalue weighted by Crippen LogP contribution is -2.49. The van der Waals surface area contributed by atoms with E-state index in [-0.39, 0.29) is 45.7 Å². The lowest BCUT2D eigenvalue weighted by Gasteiger charge is -2.43. The Kier molecular flexibility index (Phi) is 17.8. The quantitative estimate of drug-likeness (QED) is 0.0506. The van der Waals surface area contributed by atoms with E-state index in [4.69, 9.17) is 11.6 Å². The number of benzene rings is 4. The molecule has 13 nitrogen and oxygen atoms in total. The van der Waals surface area contributed by atoms with Crippen LogP contribution in [0, 0.1) is 15.5 Å². The van der Waals surface area contributed by atoms with E-state index in [1.165, 1.54) is 28.8 Å². The number of piperazine rings is 2. The molecular weight excluding hydrogens is 904 g/mol. The summed E-state index contributed by atoms with van der Waals surface area (Å²) in [5.74, 6) is -0.174. The van der Waals surface area contributed by atoms with Gasteiger partial charge in [0.05, 0.1) is 9.82 Å². The Morgan fingerprint density at radius 1 is 0.938 bits per heavy atom. The number of carbonyl (C=O) groups excluding carboxylic acids is 1. The van der Waals surface area contributed by atoms with Crippen molar-refractivity contribution in [2.45, 2.75) is 48.4 Å². The van der Waals surface area contributed by atoms with Crippen LogP contribution >= 0.6 is 35.8 Å². The zero-order valence-corrected chi connectivity index (χ0v) is 40.7. The van der Waals surface area contributed by atoms with Crippen LogP contribution in [0.25, 0.3) is 5.57 Å². The molecule has 0 spiro atoms. The van der Waals surface area contributed by atoms with E-state index < -0.39 is 20.9 Å². The normalized spacial score (nSPS) is 19.1. The molecular formula is C48H62Cl2N8O5S2. The topological polar surface area (TPSA) is 143 Å². The summed E-state index contributed by atoms with van der Waals surface area (Å²) in [6, 6.07) is 28.7. The highest BCUT2D eigenvalue weighted by molar-refractivity contribution is 7.99. The van der Waals surface area contributed by atoms with Crippen LogP contribution in [-0.4, -0.2) is 132 Å². The van der Waals surface area contributed by atoms with Gasteiger partial charge in [0.1, 0.15) is 5.69 Å². The standard InChI is InChI=1S/C48H61ClN8O5S2.ClH/c1-48(35-55-25-22-50-23-26-55)21-19-44(36-9-13-39(49)14-10-36)38(32-48)33-54-27-29-56(30-28-54)41-15-11-37(12-16-41)47(58)52-64(61,62)43-17-18-45(46(31-43)57(59)60)51-40(20-24-53(2)3)34-63-42-7-5-4-6-8-42;/h4-18,31,40,50-51H,19-30,32-35H2,1-3H3,(H,52,58);1H. The molecule has 2 saturated heterocycles. The smallest absolute Gasteiger partial charge is 0.293 e. The van der Waals surface area contributed by atoms with Gasteiger partial charge in [-0.3, -0.25) is 19.8 Å². The van der Waals surface area contributed by atoms with Gasteiger partial charge in [-0.2, -0.15) is 0 Å². The van der Waals surface area contributed by atoms with Crippen LogP contribution in [0.4, 0.5) is 17.1 Å². The fourth-order valence-corrected chi connectivity index (χ4v) is 11.1. The molecule has 4 aromatic rings. The summed E-state index contributed by atoms with van der Waals surface area (Å²) in [6.45, 7) is 12.9. The van der Waals surface area contributed by atoms with Crippen molar-refractivity contribution in [2.24, 2.45) is 5.41 Å². The first kappa shape index (κ1) is 50.2. The van der Waals surface area contributed by atoms with Crippen LogP contribution in [0.3, 0.4) is 0 Å². The van der Waals surface area contributed by atoms with Crippen molar-refractivity contribution in [3.05, 3.63) is 129 Å². The maximum Gasteiger partial charge on any atom is 0.293 e. The maximum atomic E-state index is 13.5. The number of carbonyl (C=O) groups is 1. The van der Waals surface area contributed by atoms with E-state index in [9.17, 15) is 23.3 Å². The monoisotopic (exact) mass is 964 g/mol. The van der Waals surface area contributed by atoms with Crippen molar-refractivity contribution < 1.29 is 18.1 Å². The molecule has 0 radical (unpaired) electrons. The van der Waals surface area contributed by atoms with Crippen molar-refractivity contribution in [1.29, 1.82) is 0 Å². The van der Waals surface area contributed by atoms with Gasteiger partial charge >= 0.3 is 0 Å². The summed E-state index contributed by atoms with van der Waals surface area (Å²) in [6.07, 6.45) is 3.99. The maximum absolute atomic E-state index is 13.5. The van der Waals surface area contributed by atoms with Crippen molar-refractivity contribution in [3.8, 4) is 0 Å². The summed E-state index contributed by atoms with van der Waals surface area (Å²) in [5, 5.41) is 19.8. The first-order valence-electron chi connectivity index (χ1n) is 22.2. The third-order valence-corrected chi connectivity index (χ3v) is 15.3. The summed E-state index contributed by atoms with van der Waals surface area (Å²) in [7, 11) is -0.507. The van der Waals surface area contributed by atoms with Gasteiger partial charge in [0.2, 0.25) is 0 Å². The Hall–Kier alpha value is -4.19. The SMILES string of the molecule is CN(C)CCC(CSc1ccccc1)Nc1ccc(S(=O)(=O)NC(=O)c2ccc(N3CCN(CC4=C(c5ccc(Cl)cc5)CCC(C)(CN5CCNCC5)C4)CC3)cc2)cc1[N+](=O)[O-].Cl. The number of halogens is 2. The number of nitro benzene ring substituents is 1. The predicted molar refractivity (Wildman–Crippen MR) is 267 cm³/mol. The molecule has 1 aliphatic carbocycles. The van der Waals surface area contributed by atoms with Gasteiger partial charge in [-0.25, -0.2) is 13.1 Å². The molecule has 1 amide bonds. The summed E-state index contributed by atoms with van der Waals surface area (Å²) in [5.41, 5.74) is 5.39. The van der Waals surface area contributed by atoms with Crippen molar-refractivity contribution in [2.75, 3.05) is 102 Å². The summed E-state index contributed by atoms with van der Waals surface area (Å²) in [4.78, 5) is 35.2. The Labute approximate surface area is 399 Å². The molecule has 0 saturated carbocycles. The number of sulfonamides is 1. The highest BCUT2D eigenvalue weighted by atomic mass is 35.5. The number of nitrogens with zero attached hydrogens (tertiary/aromatic N) is 5. The highest BCUT2D eigenvalue weighted by Gasteiger charge is 2.35. The van der Waals surface area contributed by atoms with Gasteiger partial charge in [0.25, 0.3) is 21.6 Å². The minimum absolute atomic E-state index is 0. The molecule has 2 unspecified atom stereocenters. The van der Waals surface area contributed by atoms with Crippen LogP contribution in [0.2, 0.25) is 5.02 Å². The van der Waals surface area contributed by atoms with Crippen LogP contribution < -0.4 is 20.3 Å². The van der Waals surface area contributed by atoms with E-state index in [1.54, 1.807) is 23.9 Å². The molecule has 4 aromatic carbocycles. The van der Waals surface area contributed by atoms with Crippen molar-refractivity contribution in [1.82, 2.24) is 24.7 Å². The van der Waals surface area contributed by atoms with Gasteiger partial charge in [-0.05, 0) is 124 Å². The number of anilines is 2. The fourth-order valence-electron chi connectivity index (χ4n) is 9.00. The minimum atomic E-state index is -4.44. The number of allylic oxidation sites excluding steroid dienone is 1. The fraction of sp³-hybridized carbons (Fsp3) is 0.438. The Balaban J connectivity index is 0.00000700. The van der Waals surface area contributed by atoms with Gasteiger partial charge in [-0.1, -0.05) is 54.4 Å². The van der Waals surface area contributed by atoms with Gasteiger partial charge < -0.3 is 25.3 Å². The van der Waals surface area contributed by atoms with E-state index in [2.05, 4.69) is 49.1 Å². The van der Waals surface area contributed by atoms with E-state index in [1.807, 2.05) is 73.6 Å². The second-order valence-electron chi connectivity index (χ2n) is 17.8. The predicted octanol–water partition coefficient (Wildman–Crippen LogP) is 7.98. The average molecular weight is 966 g/mol. The van der Waals surface area contributed by atoms with Gasteiger partial charge in [0.15, 0.2) is 0 Å². The van der Waals surface area contributed by atoms with E-state index in [0.29, 0.717) is 12.2 Å². The van der Waals surface area contributed by atoms with E-state index >= 15 is 0 Å². The number of rotatable bonds is 18. The Morgan fingerprint density at radius 2 is 1.63 bits per heavy atom. The number of amides is 1. The highest BCUT2D eigenvalue weighted by Crippen LogP contribution is 2.44. The Bertz CT molecular complexity index is 2360. The third-order valence-electron chi connectivity index (χ3n) is 12.5. The molecule has 350 valence electrons. The molecule has 17 heteroatoms. The van der Waals surface area contributed by atoms with Gasteiger partial charge in [-0.15, -0.1) is 24.2 Å². The molecule has 0 bridgehead atoms. The second kappa shape index (κ2) is 23.0. The number of hydrogen-bond donors (Lipinski definition) is 3. The molecule has 0 aromatic heterocycles. The summed E-state index contributed by atoms with van der Waals surface area (Å²) < 4.78 is 29.1. The third kappa shape index (κ3) is 13.9. The van der Waals surface area contributed by atoms with Crippen LogP contribution in [-0.2, 0) is 10.0 Å². The van der Waals surface area contributed by atoms with Crippen LogP contribution in [0.15, 0.2) is 112 Å². The molecule has 3 aliphatic rings. The molecule has 2 heterocycles. The zero-order valence-electron chi connectivity index (χ0n) is 37.5. The molecule has 3 N–H and O–H groups in total. The van der Waals surface area contributed by atoms with Crippen molar-refractivity contribution >= 4 is 74.3 Å². The van der Waals surface area contributed by atoms with E-state index in [0.717, 1.165) is 113 Å². The average Bonchev–Trinajstić information content (AvgIpc) is 3.28. The second-order valence-corrected chi connectivity index (χ2v) is 21.1. The number of hydrogen-bond acceptors (Lipinski definition) is 12. The van der Waals surface area contributed by atoms with Crippen LogP contribution in [0.5, 0.6) is 0 Å². The molecule has 2 fully saturated rings. The number of nitro groups is 1. The zero-order chi connectivity index (χ0) is 45.3. The molecule has 7 rings (SSSR count). The first-order valence-corrected chi connectivity index (χ1v) is 25.0. The molecule has 2 aliphatic heterocycles. The molecule has 2 atom stereocenters. The van der Waals surface area contributed by atoms with Crippen LogP contribution in [0.1, 0.15) is 48.5 Å².